The highest BCUT2D eigenvalue weighted by Crippen LogP contribution is 2.24. The van der Waals surface area contributed by atoms with E-state index in [0.717, 1.165) is 28.1 Å². The highest BCUT2D eigenvalue weighted by atomic mass is 16.5. The van der Waals surface area contributed by atoms with Crippen molar-refractivity contribution < 1.29 is 4.74 Å². The second-order valence-electron chi connectivity index (χ2n) is 7.86. The Morgan fingerprint density at radius 3 is 2.59 bits per heavy atom. The maximum atomic E-state index is 8.71. The van der Waals surface area contributed by atoms with Gasteiger partial charge in [0, 0.05) is 49.9 Å². The third-order valence-corrected chi connectivity index (χ3v) is 5.25. The summed E-state index contributed by atoms with van der Waals surface area (Å²) in [6.07, 6.45) is 12.5. The predicted octanol–water partition coefficient (Wildman–Crippen LogP) is 1.90. The van der Waals surface area contributed by atoms with Gasteiger partial charge in [0.05, 0.1) is 24.6 Å². The molecule has 3 heterocycles. The van der Waals surface area contributed by atoms with E-state index in [1.807, 2.05) is 56.4 Å². The van der Waals surface area contributed by atoms with Crippen molar-refractivity contribution in [1.82, 2.24) is 26.2 Å². The van der Waals surface area contributed by atoms with Crippen LogP contribution in [0.4, 0.5) is 0 Å². The smallest absolute Gasteiger partial charge is 0.130 e. The summed E-state index contributed by atoms with van der Waals surface area (Å²) in [4.78, 5) is 2.02. The molecule has 3 aliphatic heterocycles. The topological polar surface area (TPSA) is 132 Å². The summed E-state index contributed by atoms with van der Waals surface area (Å²) in [5.74, 6) is 1.49. The lowest BCUT2D eigenvalue weighted by atomic mass is 10.0. The average molecular weight is 437 g/mol. The largest absolute Gasteiger partial charge is 0.393 e. The van der Waals surface area contributed by atoms with Crippen molar-refractivity contribution >= 4 is 17.9 Å². The number of fused-ring (bicyclic) bond motifs is 1. The zero-order valence-electron chi connectivity index (χ0n) is 18.8. The maximum absolute atomic E-state index is 8.71. The molecule has 0 aromatic carbocycles. The third-order valence-electron chi connectivity index (χ3n) is 5.25. The first-order valence-corrected chi connectivity index (χ1v) is 10.7. The molecular formula is C23H32N8O. The minimum absolute atomic E-state index is 0.173. The van der Waals surface area contributed by atoms with Gasteiger partial charge >= 0.3 is 0 Å². The van der Waals surface area contributed by atoms with E-state index in [0.29, 0.717) is 38.0 Å². The van der Waals surface area contributed by atoms with Crippen molar-refractivity contribution in [3.8, 4) is 0 Å². The Hall–Kier alpha value is -3.59. The van der Waals surface area contributed by atoms with E-state index >= 15 is 0 Å². The molecule has 0 amide bonds. The molecule has 9 nitrogen and oxygen atoms in total. The van der Waals surface area contributed by atoms with Gasteiger partial charge in [0.1, 0.15) is 17.5 Å². The summed E-state index contributed by atoms with van der Waals surface area (Å²) in [5, 5.41) is 37.1. The summed E-state index contributed by atoms with van der Waals surface area (Å²) in [6, 6.07) is 0. The van der Waals surface area contributed by atoms with E-state index in [1.54, 1.807) is 6.08 Å². The number of morpholine rings is 1. The lowest BCUT2D eigenvalue weighted by Gasteiger charge is -2.31. The van der Waals surface area contributed by atoms with E-state index in [9.17, 15) is 0 Å². The molecular weight excluding hydrogens is 404 g/mol. The van der Waals surface area contributed by atoms with Crippen LogP contribution in [0.3, 0.4) is 0 Å². The monoisotopic (exact) mass is 436 g/mol. The third kappa shape index (κ3) is 5.55. The summed E-state index contributed by atoms with van der Waals surface area (Å²) < 4.78 is 5.42. The molecule has 3 rings (SSSR count). The molecule has 0 saturated carbocycles. The SMILES string of the molecule is CN/C=C(\C(=N)N1CCOCC1)C1=CNC2=CC=C(NC(=N)C=C(C=N)C(C)C)NC2=C1. The van der Waals surface area contributed by atoms with Crippen LogP contribution in [-0.4, -0.2) is 56.1 Å². The van der Waals surface area contributed by atoms with Gasteiger partial charge in [-0.2, -0.15) is 0 Å². The molecule has 0 radical (unpaired) electrons. The Morgan fingerprint density at radius 2 is 1.94 bits per heavy atom. The molecule has 1 fully saturated rings. The zero-order valence-corrected chi connectivity index (χ0v) is 18.8. The standard InChI is InChI=1S/C23H32N8O/c1-15(2)16(12-24)11-21(25)30-22-5-4-19-20(29-22)10-17(13-28-19)18(14-27-3)23(26)31-6-8-32-9-7-31/h4-5,10-15,24,26-29H,6-9H2,1-3H3,(H2,25,30)/b16-11?,18-14-,24-12?,26-23?. The Bertz CT molecular complexity index is 958. The van der Waals surface area contributed by atoms with Crippen molar-refractivity contribution in [3.63, 3.8) is 0 Å². The highest BCUT2D eigenvalue weighted by molar-refractivity contribution is 6.01. The van der Waals surface area contributed by atoms with Crippen molar-refractivity contribution in [2.75, 3.05) is 33.4 Å². The molecule has 0 aromatic heterocycles. The van der Waals surface area contributed by atoms with Crippen LogP contribution in [0.15, 0.2) is 70.6 Å². The summed E-state index contributed by atoms with van der Waals surface area (Å²) in [5.41, 5.74) is 4.19. The van der Waals surface area contributed by atoms with Crippen LogP contribution in [-0.2, 0) is 4.74 Å². The molecule has 9 heteroatoms. The number of nitrogens with zero attached hydrogens (tertiary/aromatic N) is 1. The van der Waals surface area contributed by atoms with Gasteiger partial charge in [-0.25, -0.2) is 0 Å². The molecule has 0 atom stereocenters. The Morgan fingerprint density at radius 1 is 1.19 bits per heavy atom. The van der Waals surface area contributed by atoms with Crippen molar-refractivity contribution in [3.05, 3.63) is 70.6 Å². The van der Waals surface area contributed by atoms with Crippen LogP contribution in [0.1, 0.15) is 13.8 Å². The number of dihydropyridines is 2. The van der Waals surface area contributed by atoms with E-state index in [-0.39, 0.29) is 11.8 Å². The van der Waals surface area contributed by atoms with Crippen LogP contribution in [0.5, 0.6) is 0 Å². The minimum atomic E-state index is 0.173. The van der Waals surface area contributed by atoms with Crippen molar-refractivity contribution in [2.24, 2.45) is 5.92 Å². The Labute approximate surface area is 189 Å². The maximum Gasteiger partial charge on any atom is 0.130 e. The summed E-state index contributed by atoms with van der Waals surface area (Å²) in [6.45, 7) is 6.63. The number of amidine groups is 2. The molecule has 32 heavy (non-hydrogen) atoms. The molecule has 3 aliphatic rings. The van der Waals surface area contributed by atoms with Gasteiger partial charge in [-0.1, -0.05) is 13.8 Å². The van der Waals surface area contributed by atoms with E-state index in [1.165, 1.54) is 6.21 Å². The number of ether oxygens (including phenoxy) is 1. The van der Waals surface area contributed by atoms with E-state index in [4.69, 9.17) is 21.0 Å². The first-order valence-electron chi connectivity index (χ1n) is 10.7. The highest BCUT2D eigenvalue weighted by Gasteiger charge is 2.23. The number of hydrogen-bond acceptors (Lipinski definition) is 7. The minimum Gasteiger partial charge on any atom is -0.393 e. The van der Waals surface area contributed by atoms with E-state index < -0.39 is 0 Å². The van der Waals surface area contributed by atoms with Gasteiger partial charge < -0.3 is 36.3 Å². The number of hydrogen-bond donors (Lipinski definition) is 7. The molecule has 0 aliphatic carbocycles. The number of nitrogens with one attached hydrogen (secondary N) is 7. The average Bonchev–Trinajstić information content (AvgIpc) is 2.80. The lowest BCUT2D eigenvalue weighted by Crippen LogP contribution is -2.42. The molecule has 0 spiro atoms. The molecule has 7 N–H and O–H groups in total. The normalized spacial score (nSPS) is 18.8. The molecule has 170 valence electrons. The number of allylic oxidation sites excluding steroid dienone is 4. The van der Waals surface area contributed by atoms with Gasteiger partial charge in [-0.15, -0.1) is 0 Å². The Balaban J connectivity index is 1.74. The van der Waals surface area contributed by atoms with E-state index in [2.05, 4.69) is 21.3 Å². The second kappa shape index (κ2) is 10.6. The Kier molecular flexibility index (Phi) is 7.67. The molecule has 1 saturated heterocycles. The number of rotatable bonds is 7. The van der Waals surface area contributed by atoms with Gasteiger partial charge in [0.25, 0.3) is 0 Å². The van der Waals surface area contributed by atoms with Crippen LogP contribution in [0.2, 0.25) is 0 Å². The van der Waals surface area contributed by atoms with Gasteiger partial charge in [-0.3, -0.25) is 10.8 Å². The van der Waals surface area contributed by atoms with Crippen LogP contribution in [0, 0.1) is 22.1 Å². The van der Waals surface area contributed by atoms with Gasteiger partial charge in [-0.05, 0) is 35.8 Å². The van der Waals surface area contributed by atoms with Crippen LogP contribution in [0.25, 0.3) is 0 Å². The first kappa shape index (κ1) is 23.1. The zero-order chi connectivity index (χ0) is 23.1. The quantitative estimate of drug-likeness (QED) is 0.241. The predicted molar refractivity (Wildman–Crippen MR) is 128 cm³/mol. The summed E-state index contributed by atoms with van der Waals surface area (Å²) >= 11 is 0. The fraction of sp³-hybridized carbons (Fsp3) is 0.348. The van der Waals surface area contributed by atoms with Crippen LogP contribution < -0.4 is 21.3 Å². The van der Waals surface area contributed by atoms with Gasteiger partial charge in [0.15, 0.2) is 0 Å². The van der Waals surface area contributed by atoms with Crippen molar-refractivity contribution in [1.29, 1.82) is 16.2 Å². The first-order chi connectivity index (χ1) is 15.4. The second-order valence-corrected chi connectivity index (χ2v) is 7.86. The molecule has 0 bridgehead atoms. The van der Waals surface area contributed by atoms with Gasteiger partial charge in [0.2, 0.25) is 0 Å². The lowest BCUT2D eigenvalue weighted by molar-refractivity contribution is 0.0679. The van der Waals surface area contributed by atoms with Crippen LogP contribution >= 0.6 is 0 Å². The molecule has 0 aromatic rings. The summed E-state index contributed by atoms with van der Waals surface area (Å²) in [7, 11) is 1.82. The fourth-order valence-electron chi connectivity index (χ4n) is 3.44. The fourth-order valence-corrected chi connectivity index (χ4v) is 3.44. The molecule has 0 unspecified atom stereocenters. The van der Waals surface area contributed by atoms with Crippen molar-refractivity contribution in [2.45, 2.75) is 13.8 Å².